The van der Waals surface area contributed by atoms with Gasteiger partial charge in [-0.05, 0) is 37.3 Å². The van der Waals surface area contributed by atoms with Gasteiger partial charge in [-0.25, -0.2) is 8.42 Å². The molecule has 0 N–H and O–H groups in total. The molecule has 0 amide bonds. The number of para-hydroxylation sites is 1. The Balaban J connectivity index is 1.57. The molecular formula is C24H26N2O5S. The number of rotatable bonds is 5. The van der Waals surface area contributed by atoms with Crippen molar-refractivity contribution in [3.8, 4) is 5.75 Å². The van der Waals surface area contributed by atoms with E-state index in [1.54, 1.807) is 12.1 Å². The Hall–Kier alpha value is -2.68. The quantitative estimate of drug-likeness (QED) is 0.552. The van der Waals surface area contributed by atoms with E-state index in [4.69, 9.17) is 9.47 Å². The lowest BCUT2D eigenvalue weighted by Gasteiger charge is -2.34. The van der Waals surface area contributed by atoms with Crippen LogP contribution in [-0.4, -0.2) is 69.4 Å². The van der Waals surface area contributed by atoms with Gasteiger partial charge in [0, 0.05) is 42.5 Å². The summed E-state index contributed by atoms with van der Waals surface area (Å²) in [4.78, 5) is 16.1. The summed E-state index contributed by atoms with van der Waals surface area (Å²) in [6, 6.07) is 12.1. The summed E-state index contributed by atoms with van der Waals surface area (Å²) in [5.41, 5.74) is 2.97. The minimum absolute atomic E-state index is 0.0969. The van der Waals surface area contributed by atoms with Gasteiger partial charge in [-0.3, -0.25) is 9.69 Å². The van der Waals surface area contributed by atoms with E-state index in [2.05, 4.69) is 9.47 Å². The summed E-state index contributed by atoms with van der Waals surface area (Å²) < 4.78 is 37.4. The summed E-state index contributed by atoms with van der Waals surface area (Å²) in [7, 11) is -3.32. The number of hydrogen-bond donors (Lipinski definition) is 0. The number of aromatic nitrogens is 1. The average molecular weight is 455 g/mol. The van der Waals surface area contributed by atoms with E-state index in [0.717, 1.165) is 61.5 Å². The molecule has 5 rings (SSSR count). The van der Waals surface area contributed by atoms with E-state index in [1.165, 1.54) is 12.1 Å². The lowest BCUT2D eigenvalue weighted by Crippen LogP contribution is -2.42. The van der Waals surface area contributed by atoms with Crippen LogP contribution in [0.3, 0.4) is 0 Å². The number of ketones is 1. The number of nitrogens with zero attached hydrogens (tertiary/aromatic N) is 2. The van der Waals surface area contributed by atoms with Crippen molar-refractivity contribution in [2.24, 2.45) is 0 Å². The Morgan fingerprint density at radius 2 is 1.81 bits per heavy atom. The first-order valence-electron chi connectivity index (χ1n) is 10.8. The van der Waals surface area contributed by atoms with Crippen LogP contribution in [-0.2, 0) is 14.6 Å². The first kappa shape index (κ1) is 21.2. The maximum atomic E-state index is 13.6. The minimum Gasteiger partial charge on any atom is -0.489 e. The summed E-state index contributed by atoms with van der Waals surface area (Å²) in [5, 5.41) is 0.865. The molecule has 3 heterocycles. The molecule has 8 heteroatoms. The van der Waals surface area contributed by atoms with Gasteiger partial charge in [0.2, 0.25) is 0 Å². The zero-order chi connectivity index (χ0) is 22.5. The molecule has 0 aliphatic carbocycles. The minimum atomic E-state index is -3.32. The second-order valence-electron chi connectivity index (χ2n) is 8.49. The largest absolute Gasteiger partial charge is 0.489 e. The lowest BCUT2D eigenvalue weighted by molar-refractivity contribution is 0.0272. The monoisotopic (exact) mass is 454 g/mol. The van der Waals surface area contributed by atoms with Crippen LogP contribution in [0.15, 0.2) is 47.4 Å². The highest BCUT2D eigenvalue weighted by Crippen LogP contribution is 2.39. The van der Waals surface area contributed by atoms with Crippen LogP contribution in [0, 0.1) is 6.92 Å². The number of benzene rings is 2. The van der Waals surface area contributed by atoms with Gasteiger partial charge in [-0.2, -0.15) is 0 Å². The van der Waals surface area contributed by atoms with Gasteiger partial charge in [0.1, 0.15) is 12.4 Å². The number of carbonyl (C=O) groups is 1. The fourth-order valence-electron chi connectivity index (χ4n) is 4.79. The van der Waals surface area contributed by atoms with Crippen LogP contribution in [0.25, 0.3) is 10.9 Å². The van der Waals surface area contributed by atoms with Crippen molar-refractivity contribution in [2.75, 3.05) is 45.7 Å². The number of hydrogen-bond acceptors (Lipinski definition) is 6. The Morgan fingerprint density at radius 3 is 2.50 bits per heavy atom. The third-order valence-electron chi connectivity index (χ3n) is 6.37. The molecule has 1 atom stereocenters. The Bertz CT molecular complexity index is 1290. The van der Waals surface area contributed by atoms with Crippen molar-refractivity contribution in [2.45, 2.75) is 17.9 Å². The van der Waals surface area contributed by atoms with Crippen molar-refractivity contribution in [1.82, 2.24) is 9.47 Å². The average Bonchev–Trinajstić information content (AvgIpc) is 3.09. The highest BCUT2D eigenvalue weighted by atomic mass is 32.2. The number of ether oxygens (including phenoxy) is 2. The molecular weight excluding hydrogens is 428 g/mol. The molecule has 7 nitrogen and oxygen atoms in total. The second-order valence-corrected chi connectivity index (χ2v) is 10.5. The van der Waals surface area contributed by atoms with Gasteiger partial charge in [0.25, 0.3) is 0 Å². The molecule has 0 spiro atoms. The van der Waals surface area contributed by atoms with Crippen molar-refractivity contribution in [3.05, 3.63) is 59.3 Å². The van der Waals surface area contributed by atoms with Gasteiger partial charge in [-0.1, -0.05) is 12.1 Å². The van der Waals surface area contributed by atoms with E-state index in [0.29, 0.717) is 17.7 Å². The molecule has 2 aliphatic rings. The number of sulfone groups is 1. The van der Waals surface area contributed by atoms with Crippen LogP contribution in [0.4, 0.5) is 0 Å². The maximum Gasteiger partial charge on any atom is 0.195 e. The lowest BCUT2D eigenvalue weighted by atomic mass is 10.0. The van der Waals surface area contributed by atoms with E-state index in [-0.39, 0.29) is 16.7 Å². The molecule has 1 aromatic heterocycles. The standard InChI is InChI=1S/C24H26N2O5S/c1-16-22(24(27)17-6-8-19(9-7-17)32(2,28)29)20-4-3-5-21-23(20)26(16)18(15-31-21)14-25-10-12-30-13-11-25/h3-9,18H,10-15H2,1-2H3. The number of carbonyl (C=O) groups excluding carboxylic acids is 1. The topological polar surface area (TPSA) is 77.8 Å². The van der Waals surface area contributed by atoms with Crippen molar-refractivity contribution >= 4 is 26.5 Å². The third kappa shape index (κ3) is 3.62. The smallest absolute Gasteiger partial charge is 0.195 e. The molecule has 168 valence electrons. The summed E-state index contributed by atoms with van der Waals surface area (Å²) in [6.07, 6.45) is 1.16. The predicted molar refractivity (Wildman–Crippen MR) is 121 cm³/mol. The molecule has 0 saturated carbocycles. The highest BCUT2D eigenvalue weighted by molar-refractivity contribution is 7.90. The zero-order valence-electron chi connectivity index (χ0n) is 18.2. The van der Waals surface area contributed by atoms with E-state index >= 15 is 0 Å². The van der Waals surface area contributed by atoms with Gasteiger partial charge in [0.05, 0.1) is 35.2 Å². The maximum absolute atomic E-state index is 13.6. The molecule has 2 aromatic carbocycles. The number of morpholine rings is 1. The van der Waals surface area contributed by atoms with Gasteiger partial charge >= 0.3 is 0 Å². The Morgan fingerprint density at radius 1 is 1.09 bits per heavy atom. The fourth-order valence-corrected chi connectivity index (χ4v) is 5.42. The summed E-state index contributed by atoms with van der Waals surface area (Å²) >= 11 is 0. The first-order valence-corrected chi connectivity index (χ1v) is 12.6. The SMILES string of the molecule is Cc1c(C(=O)c2ccc(S(C)(=O)=O)cc2)c2cccc3c2n1C(CN1CCOCC1)CO3. The molecule has 0 radical (unpaired) electrons. The Labute approximate surface area is 187 Å². The van der Waals surface area contributed by atoms with Crippen LogP contribution in [0.2, 0.25) is 0 Å². The molecule has 1 fully saturated rings. The van der Waals surface area contributed by atoms with Crippen LogP contribution in [0.5, 0.6) is 5.75 Å². The van der Waals surface area contributed by atoms with E-state index in [1.807, 2.05) is 25.1 Å². The van der Waals surface area contributed by atoms with Crippen LogP contribution < -0.4 is 4.74 Å². The fraction of sp³-hybridized carbons (Fsp3) is 0.375. The molecule has 0 bridgehead atoms. The first-order chi connectivity index (χ1) is 15.3. The predicted octanol–water partition coefficient (Wildman–Crippen LogP) is 2.85. The highest BCUT2D eigenvalue weighted by Gasteiger charge is 2.31. The van der Waals surface area contributed by atoms with Crippen molar-refractivity contribution < 1.29 is 22.7 Å². The molecule has 3 aromatic rings. The molecule has 2 aliphatic heterocycles. The van der Waals surface area contributed by atoms with E-state index < -0.39 is 9.84 Å². The normalized spacial score (nSPS) is 19.1. The van der Waals surface area contributed by atoms with E-state index in [9.17, 15) is 13.2 Å². The van der Waals surface area contributed by atoms with Gasteiger partial charge in [-0.15, -0.1) is 0 Å². The third-order valence-corrected chi connectivity index (χ3v) is 7.50. The second kappa shape index (κ2) is 8.03. The molecule has 1 unspecified atom stereocenters. The summed E-state index contributed by atoms with van der Waals surface area (Å²) in [6.45, 7) is 6.61. The van der Waals surface area contributed by atoms with Gasteiger partial charge < -0.3 is 14.0 Å². The molecule has 32 heavy (non-hydrogen) atoms. The van der Waals surface area contributed by atoms with Gasteiger partial charge in [0.15, 0.2) is 15.6 Å². The Kier molecular flexibility index (Phi) is 5.31. The van der Waals surface area contributed by atoms with Crippen molar-refractivity contribution in [3.63, 3.8) is 0 Å². The van der Waals surface area contributed by atoms with Crippen LogP contribution >= 0.6 is 0 Å². The zero-order valence-corrected chi connectivity index (χ0v) is 19.0. The molecule has 1 saturated heterocycles. The van der Waals surface area contributed by atoms with Crippen molar-refractivity contribution in [1.29, 1.82) is 0 Å². The van der Waals surface area contributed by atoms with Crippen LogP contribution in [0.1, 0.15) is 27.7 Å². The summed E-state index contributed by atoms with van der Waals surface area (Å²) in [5.74, 6) is 0.672.